The lowest BCUT2D eigenvalue weighted by atomic mass is 10.1. The van der Waals surface area contributed by atoms with E-state index < -0.39 is 54.4 Å². The topological polar surface area (TPSA) is 107 Å². The van der Waals surface area contributed by atoms with Crippen molar-refractivity contribution in [2.45, 2.75) is 36.1 Å². The van der Waals surface area contributed by atoms with E-state index >= 15 is 0 Å². The maximum Gasteiger partial charge on any atom is 0.426 e. The summed E-state index contributed by atoms with van der Waals surface area (Å²) in [6.07, 6.45) is -5.82. The van der Waals surface area contributed by atoms with Gasteiger partial charge >= 0.3 is 6.18 Å². The number of β-amino-alcohol motifs (C(OH)–C–C–N with tert-alkyl or cyclic N) is 1. The Morgan fingerprint density at radius 1 is 1.30 bits per heavy atom. The van der Waals surface area contributed by atoms with Crippen molar-refractivity contribution >= 4 is 44.8 Å². The molecule has 0 aromatic heterocycles. The number of carbonyl (C=O) groups excluding carboxylic acids is 1. The van der Waals surface area contributed by atoms with Crippen molar-refractivity contribution < 1.29 is 36.6 Å². The molecule has 1 aliphatic rings. The van der Waals surface area contributed by atoms with E-state index in [2.05, 4.69) is 0 Å². The Morgan fingerprint density at radius 3 is 2.37 bits per heavy atom. The van der Waals surface area contributed by atoms with E-state index in [4.69, 9.17) is 23.2 Å². The summed E-state index contributed by atoms with van der Waals surface area (Å²) < 4.78 is 64.3. The number of sulfonamides is 1. The van der Waals surface area contributed by atoms with Crippen LogP contribution in [0, 0.1) is 0 Å². The third kappa shape index (κ3) is 4.17. The monoisotopic (exact) mass is 450 g/mol. The minimum Gasteiger partial charge on any atom is -0.392 e. The van der Waals surface area contributed by atoms with Crippen LogP contribution in [0.1, 0.15) is 13.3 Å². The Balaban J connectivity index is 2.34. The Bertz CT molecular complexity index is 861. The normalized spacial score (nSPS) is 21.1. The van der Waals surface area contributed by atoms with E-state index in [-0.39, 0.29) is 26.4 Å². The molecule has 2 atom stereocenters. The minimum absolute atomic E-state index is 0.0599. The molecule has 0 aliphatic carbocycles. The molecular weight excluding hydrogens is 436 g/mol. The lowest BCUT2D eigenvalue weighted by Crippen LogP contribution is -2.52. The molecule has 1 aromatic carbocycles. The minimum atomic E-state index is -5.24. The van der Waals surface area contributed by atoms with Crippen LogP contribution >= 0.6 is 23.2 Å². The number of nitrogens with zero attached hydrogens (tertiary/aromatic N) is 1. The summed E-state index contributed by atoms with van der Waals surface area (Å²) in [7, 11) is -4.11. The SMILES string of the molecule is C[C@@](O)(C(=O)Nc1ccc(S(=O)(=O)N2CCC(O)C2)c(Cl)c1Cl)C(F)(F)F. The smallest absolute Gasteiger partial charge is 0.392 e. The molecule has 1 amide bonds. The van der Waals surface area contributed by atoms with E-state index in [1.165, 1.54) is 0 Å². The van der Waals surface area contributed by atoms with Gasteiger partial charge in [-0.1, -0.05) is 23.2 Å². The van der Waals surface area contributed by atoms with Gasteiger partial charge in [0.25, 0.3) is 5.91 Å². The zero-order chi connectivity index (χ0) is 20.8. The molecule has 27 heavy (non-hydrogen) atoms. The molecule has 0 saturated carbocycles. The summed E-state index contributed by atoms with van der Waals surface area (Å²) >= 11 is 11.9. The van der Waals surface area contributed by atoms with Gasteiger partial charge < -0.3 is 15.5 Å². The third-order valence-electron chi connectivity index (χ3n) is 4.03. The second-order valence-corrected chi connectivity index (χ2v) is 8.73. The highest BCUT2D eigenvalue weighted by Gasteiger charge is 2.55. The zero-order valence-electron chi connectivity index (χ0n) is 13.7. The maximum atomic E-state index is 12.7. The van der Waals surface area contributed by atoms with E-state index in [1.807, 2.05) is 0 Å². The first-order chi connectivity index (χ1) is 12.2. The van der Waals surface area contributed by atoms with Crippen LogP contribution in [0.2, 0.25) is 10.0 Å². The van der Waals surface area contributed by atoms with Gasteiger partial charge in [-0.05, 0) is 25.5 Å². The van der Waals surface area contributed by atoms with Crippen LogP contribution in [-0.4, -0.2) is 59.8 Å². The number of rotatable bonds is 4. The lowest BCUT2D eigenvalue weighted by Gasteiger charge is -2.25. The number of halogens is 5. The summed E-state index contributed by atoms with van der Waals surface area (Å²) in [4.78, 5) is 11.3. The summed E-state index contributed by atoms with van der Waals surface area (Å²) in [5.41, 5.74) is -4.10. The van der Waals surface area contributed by atoms with Crippen molar-refractivity contribution in [3.05, 3.63) is 22.2 Å². The van der Waals surface area contributed by atoms with Gasteiger partial charge in [0.2, 0.25) is 15.6 Å². The van der Waals surface area contributed by atoms with Crippen LogP contribution in [0.25, 0.3) is 0 Å². The van der Waals surface area contributed by atoms with Crippen molar-refractivity contribution in [3.63, 3.8) is 0 Å². The maximum absolute atomic E-state index is 12.7. The Labute approximate surface area is 162 Å². The molecule has 1 heterocycles. The summed E-state index contributed by atoms with van der Waals surface area (Å²) in [6.45, 7) is 0.183. The first-order valence-electron chi connectivity index (χ1n) is 7.46. The number of anilines is 1. The number of hydrogen-bond acceptors (Lipinski definition) is 5. The molecule has 3 N–H and O–H groups in total. The number of aliphatic hydroxyl groups excluding tert-OH is 1. The van der Waals surface area contributed by atoms with Crippen LogP contribution in [0.4, 0.5) is 18.9 Å². The molecule has 1 unspecified atom stereocenters. The first kappa shape index (κ1) is 22.2. The van der Waals surface area contributed by atoms with Crippen LogP contribution in [0.3, 0.4) is 0 Å². The van der Waals surface area contributed by atoms with Gasteiger partial charge in [0, 0.05) is 13.1 Å². The highest BCUT2D eigenvalue weighted by atomic mass is 35.5. The molecule has 2 rings (SSSR count). The van der Waals surface area contributed by atoms with Crippen LogP contribution in [0.5, 0.6) is 0 Å². The van der Waals surface area contributed by atoms with Gasteiger partial charge in [0.1, 0.15) is 4.90 Å². The largest absolute Gasteiger partial charge is 0.426 e. The van der Waals surface area contributed by atoms with Gasteiger partial charge in [-0.25, -0.2) is 8.42 Å². The van der Waals surface area contributed by atoms with Gasteiger partial charge in [-0.3, -0.25) is 4.79 Å². The van der Waals surface area contributed by atoms with Crippen LogP contribution < -0.4 is 5.32 Å². The predicted octanol–water partition coefficient (Wildman–Crippen LogP) is 2.00. The quantitative estimate of drug-likeness (QED) is 0.650. The number of aliphatic hydroxyl groups is 2. The fraction of sp³-hybridized carbons (Fsp3) is 0.500. The van der Waals surface area contributed by atoms with Crippen molar-refractivity contribution in [3.8, 4) is 0 Å². The molecule has 152 valence electrons. The first-order valence-corrected chi connectivity index (χ1v) is 9.66. The molecule has 1 saturated heterocycles. The predicted molar refractivity (Wildman–Crippen MR) is 91.2 cm³/mol. The van der Waals surface area contributed by atoms with Crippen LogP contribution in [-0.2, 0) is 14.8 Å². The average molecular weight is 451 g/mol. The zero-order valence-corrected chi connectivity index (χ0v) is 16.0. The molecule has 13 heteroatoms. The average Bonchev–Trinajstić information content (AvgIpc) is 2.97. The third-order valence-corrected chi connectivity index (χ3v) is 6.93. The summed E-state index contributed by atoms with van der Waals surface area (Å²) in [6, 6.07) is 1.92. The van der Waals surface area contributed by atoms with Crippen molar-refractivity contribution in [2.75, 3.05) is 18.4 Å². The lowest BCUT2D eigenvalue weighted by molar-refractivity contribution is -0.242. The second-order valence-electron chi connectivity index (χ2n) is 6.07. The summed E-state index contributed by atoms with van der Waals surface area (Å²) in [5, 5.41) is 19.6. The second kappa shape index (κ2) is 7.37. The highest BCUT2D eigenvalue weighted by molar-refractivity contribution is 7.89. The molecule has 1 aliphatic heterocycles. The fourth-order valence-corrected chi connectivity index (χ4v) is 4.55. The molecule has 0 bridgehead atoms. The van der Waals surface area contributed by atoms with Crippen molar-refractivity contribution in [1.82, 2.24) is 4.31 Å². The number of amides is 1. The number of benzene rings is 1. The summed E-state index contributed by atoms with van der Waals surface area (Å²) in [5.74, 6) is -1.81. The molecule has 1 aromatic rings. The molecule has 1 fully saturated rings. The van der Waals surface area contributed by atoms with E-state index in [0.717, 1.165) is 16.4 Å². The van der Waals surface area contributed by atoms with Crippen LogP contribution in [0.15, 0.2) is 17.0 Å². The Hall–Kier alpha value is -1.11. The van der Waals surface area contributed by atoms with Crippen molar-refractivity contribution in [2.24, 2.45) is 0 Å². The number of alkyl halides is 3. The number of hydrogen-bond donors (Lipinski definition) is 3. The Morgan fingerprint density at radius 2 is 1.89 bits per heavy atom. The van der Waals surface area contributed by atoms with Gasteiger partial charge in [0.05, 0.1) is 21.8 Å². The fourth-order valence-electron chi connectivity index (χ4n) is 2.27. The van der Waals surface area contributed by atoms with Gasteiger partial charge in [-0.15, -0.1) is 0 Å². The van der Waals surface area contributed by atoms with Gasteiger partial charge in [-0.2, -0.15) is 17.5 Å². The molecular formula is C14H15Cl2F3N2O5S. The van der Waals surface area contributed by atoms with E-state index in [1.54, 1.807) is 5.32 Å². The molecule has 0 spiro atoms. The van der Waals surface area contributed by atoms with Gasteiger partial charge in [0.15, 0.2) is 0 Å². The standard InChI is InChI=1S/C14H15Cl2F3N2O5S/c1-13(24,14(17,18)19)12(23)20-8-2-3-9(11(16)10(8)15)27(25,26)21-5-4-7(22)6-21/h2-3,7,22,24H,4-6H2,1H3,(H,20,23)/t7?,13-/m1/s1. The van der Waals surface area contributed by atoms with E-state index in [0.29, 0.717) is 0 Å². The highest BCUT2D eigenvalue weighted by Crippen LogP contribution is 2.38. The van der Waals surface area contributed by atoms with Crippen molar-refractivity contribution in [1.29, 1.82) is 0 Å². The number of carbonyl (C=O) groups is 1. The Kier molecular flexibility index (Phi) is 6.06. The molecule has 7 nitrogen and oxygen atoms in total. The molecule has 0 radical (unpaired) electrons. The van der Waals surface area contributed by atoms with E-state index in [9.17, 15) is 36.6 Å². The number of nitrogens with one attached hydrogen (secondary N) is 1.